The van der Waals surface area contributed by atoms with Gasteiger partial charge in [0.2, 0.25) is 5.91 Å². The quantitative estimate of drug-likeness (QED) is 0.260. The molecule has 0 rings (SSSR count). The molecule has 1 unspecified atom stereocenters. The van der Waals surface area contributed by atoms with Crippen LogP contribution in [-0.4, -0.2) is 35.0 Å². The standard InChI is InChI=1S/C22H41NO3/c1-4-7-8-9-10-11-12-13-14-15-16-17-18-20(22(25)26)19-21(24)23(5-2)6-3/h7-8,20H,4-6,9-19H2,1-3H3,(H,25,26)/b8-7+. The minimum atomic E-state index is -0.831. The van der Waals surface area contributed by atoms with Crippen LogP contribution in [0.3, 0.4) is 0 Å². The van der Waals surface area contributed by atoms with Crippen LogP contribution in [0.15, 0.2) is 12.2 Å². The Morgan fingerprint density at radius 1 is 0.846 bits per heavy atom. The van der Waals surface area contributed by atoms with Gasteiger partial charge in [0.1, 0.15) is 0 Å². The van der Waals surface area contributed by atoms with Gasteiger partial charge in [-0.15, -0.1) is 0 Å². The van der Waals surface area contributed by atoms with Crippen molar-refractivity contribution in [2.45, 2.75) is 97.8 Å². The largest absolute Gasteiger partial charge is 0.481 e. The molecule has 0 aliphatic carbocycles. The molecule has 0 heterocycles. The van der Waals surface area contributed by atoms with E-state index in [0.717, 1.165) is 19.3 Å². The molecule has 0 aromatic rings. The zero-order chi connectivity index (χ0) is 19.6. The van der Waals surface area contributed by atoms with Crippen LogP contribution >= 0.6 is 0 Å². The van der Waals surface area contributed by atoms with Gasteiger partial charge in [-0.25, -0.2) is 0 Å². The van der Waals surface area contributed by atoms with Crippen LogP contribution < -0.4 is 0 Å². The lowest BCUT2D eigenvalue weighted by Crippen LogP contribution is -2.33. The molecular formula is C22H41NO3. The maximum Gasteiger partial charge on any atom is 0.307 e. The molecule has 4 heteroatoms. The first-order valence-corrected chi connectivity index (χ1v) is 10.7. The third kappa shape index (κ3) is 13.0. The van der Waals surface area contributed by atoms with Gasteiger partial charge in [0.25, 0.3) is 0 Å². The Morgan fingerprint density at radius 2 is 1.38 bits per heavy atom. The van der Waals surface area contributed by atoms with Gasteiger partial charge in [-0.3, -0.25) is 9.59 Å². The Morgan fingerprint density at radius 3 is 1.88 bits per heavy atom. The number of hydrogen-bond donors (Lipinski definition) is 1. The van der Waals surface area contributed by atoms with E-state index in [2.05, 4.69) is 19.1 Å². The van der Waals surface area contributed by atoms with Crippen molar-refractivity contribution in [1.29, 1.82) is 0 Å². The minimum Gasteiger partial charge on any atom is -0.481 e. The number of amides is 1. The number of carboxylic acid groups (broad SMARTS) is 1. The number of carbonyl (C=O) groups is 2. The third-order valence-electron chi connectivity index (χ3n) is 4.96. The van der Waals surface area contributed by atoms with Crippen LogP contribution in [0.2, 0.25) is 0 Å². The normalized spacial score (nSPS) is 12.4. The fourth-order valence-corrected chi connectivity index (χ4v) is 3.23. The highest BCUT2D eigenvalue weighted by molar-refractivity contribution is 5.82. The van der Waals surface area contributed by atoms with E-state index >= 15 is 0 Å². The number of nitrogens with zero attached hydrogens (tertiary/aromatic N) is 1. The van der Waals surface area contributed by atoms with E-state index in [1.807, 2.05) is 13.8 Å². The maximum absolute atomic E-state index is 12.1. The highest BCUT2D eigenvalue weighted by Crippen LogP contribution is 2.17. The molecule has 0 radical (unpaired) electrons. The fourth-order valence-electron chi connectivity index (χ4n) is 3.23. The second-order valence-corrected chi connectivity index (χ2v) is 7.09. The van der Waals surface area contributed by atoms with Gasteiger partial charge in [0, 0.05) is 19.5 Å². The SMILES string of the molecule is CC/C=C/CCCCCCCCCCC(CC(=O)N(CC)CC)C(=O)O. The lowest BCUT2D eigenvalue weighted by Gasteiger charge is -2.21. The summed E-state index contributed by atoms with van der Waals surface area (Å²) in [5.41, 5.74) is 0. The molecule has 0 aromatic heterocycles. The van der Waals surface area contributed by atoms with Gasteiger partial charge in [0.05, 0.1) is 5.92 Å². The Kier molecular flexibility index (Phi) is 16.2. The van der Waals surface area contributed by atoms with E-state index < -0.39 is 11.9 Å². The molecule has 0 aliphatic rings. The van der Waals surface area contributed by atoms with E-state index in [0.29, 0.717) is 19.5 Å². The Labute approximate surface area is 161 Å². The number of allylic oxidation sites excluding steroid dienone is 2. The predicted octanol–water partition coefficient (Wildman–Crippen LogP) is 5.81. The molecular weight excluding hydrogens is 326 g/mol. The number of rotatable bonds is 17. The Bertz CT molecular complexity index is 389. The zero-order valence-electron chi connectivity index (χ0n) is 17.3. The van der Waals surface area contributed by atoms with Crippen LogP contribution in [0.4, 0.5) is 0 Å². The summed E-state index contributed by atoms with van der Waals surface area (Å²) in [6, 6.07) is 0. The lowest BCUT2D eigenvalue weighted by atomic mass is 9.96. The van der Waals surface area contributed by atoms with Crippen LogP contribution in [0.5, 0.6) is 0 Å². The first-order chi connectivity index (χ1) is 12.6. The third-order valence-corrected chi connectivity index (χ3v) is 4.96. The summed E-state index contributed by atoms with van der Waals surface area (Å²) in [5, 5.41) is 9.35. The van der Waals surface area contributed by atoms with Gasteiger partial charge >= 0.3 is 5.97 Å². The molecule has 152 valence electrons. The smallest absolute Gasteiger partial charge is 0.307 e. The molecule has 0 saturated heterocycles. The van der Waals surface area contributed by atoms with Gasteiger partial charge in [0.15, 0.2) is 0 Å². The van der Waals surface area contributed by atoms with E-state index in [9.17, 15) is 14.7 Å². The Balaban J connectivity index is 3.73. The first kappa shape index (κ1) is 24.7. The predicted molar refractivity (Wildman–Crippen MR) is 109 cm³/mol. The molecule has 1 amide bonds. The highest BCUT2D eigenvalue weighted by atomic mass is 16.4. The highest BCUT2D eigenvalue weighted by Gasteiger charge is 2.22. The van der Waals surface area contributed by atoms with Gasteiger partial charge < -0.3 is 10.0 Å². The molecule has 0 aliphatic heterocycles. The van der Waals surface area contributed by atoms with Gasteiger partial charge in [-0.05, 0) is 39.5 Å². The summed E-state index contributed by atoms with van der Waals surface area (Å²) >= 11 is 0. The number of carboxylic acids is 1. The summed E-state index contributed by atoms with van der Waals surface area (Å²) in [6.07, 6.45) is 17.2. The maximum atomic E-state index is 12.1. The first-order valence-electron chi connectivity index (χ1n) is 10.7. The zero-order valence-corrected chi connectivity index (χ0v) is 17.3. The lowest BCUT2D eigenvalue weighted by molar-refractivity contribution is -0.146. The second-order valence-electron chi connectivity index (χ2n) is 7.09. The molecule has 26 heavy (non-hydrogen) atoms. The molecule has 1 atom stereocenters. The topological polar surface area (TPSA) is 57.6 Å². The summed E-state index contributed by atoms with van der Waals surface area (Å²) in [7, 11) is 0. The molecule has 0 fully saturated rings. The molecule has 0 spiro atoms. The average molecular weight is 368 g/mol. The summed E-state index contributed by atoms with van der Waals surface area (Å²) in [4.78, 5) is 25.2. The van der Waals surface area contributed by atoms with Crippen LogP contribution in [0, 0.1) is 5.92 Å². The molecule has 0 aromatic carbocycles. The van der Waals surface area contributed by atoms with Crippen molar-refractivity contribution < 1.29 is 14.7 Å². The summed E-state index contributed by atoms with van der Waals surface area (Å²) < 4.78 is 0. The second kappa shape index (κ2) is 17.1. The van der Waals surface area contributed by atoms with Gasteiger partial charge in [-0.1, -0.05) is 64.0 Å². The molecule has 1 N–H and O–H groups in total. The number of carbonyl (C=O) groups excluding carboxylic acids is 1. The Hall–Kier alpha value is -1.32. The molecule has 4 nitrogen and oxygen atoms in total. The fraction of sp³-hybridized carbons (Fsp3) is 0.818. The van der Waals surface area contributed by atoms with Crippen molar-refractivity contribution in [1.82, 2.24) is 4.90 Å². The van der Waals surface area contributed by atoms with Crippen LogP contribution in [-0.2, 0) is 9.59 Å². The van der Waals surface area contributed by atoms with E-state index in [1.54, 1.807) is 4.90 Å². The summed E-state index contributed by atoms with van der Waals surface area (Å²) in [5.74, 6) is -1.39. The van der Waals surface area contributed by atoms with Crippen LogP contribution in [0.25, 0.3) is 0 Å². The molecule has 0 saturated carbocycles. The van der Waals surface area contributed by atoms with Crippen molar-refractivity contribution in [2.75, 3.05) is 13.1 Å². The number of unbranched alkanes of at least 4 members (excludes halogenated alkanes) is 8. The van der Waals surface area contributed by atoms with Crippen molar-refractivity contribution in [3.8, 4) is 0 Å². The average Bonchev–Trinajstić information content (AvgIpc) is 2.62. The monoisotopic (exact) mass is 367 g/mol. The van der Waals surface area contributed by atoms with Crippen molar-refractivity contribution in [3.05, 3.63) is 12.2 Å². The van der Waals surface area contributed by atoms with E-state index in [-0.39, 0.29) is 12.3 Å². The van der Waals surface area contributed by atoms with E-state index in [1.165, 1.54) is 44.9 Å². The van der Waals surface area contributed by atoms with Crippen molar-refractivity contribution in [3.63, 3.8) is 0 Å². The van der Waals surface area contributed by atoms with Crippen molar-refractivity contribution in [2.24, 2.45) is 5.92 Å². The molecule has 0 bridgehead atoms. The van der Waals surface area contributed by atoms with E-state index in [4.69, 9.17) is 0 Å². The number of aliphatic carboxylic acids is 1. The van der Waals surface area contributed by atoms with Gasteiger partial charge in [-0.2, -0.15) is 0 Å². The minimum absolute atomic E-state index is 0.0313. The van der Waals surface area contributed by atoms with Crippen molar-refractivity contribution >= 4 is 11.9 Å². The van der Waals surface area contributed by atoms with Crippen LogP contribution in [0.1, 0.15) is 97.8 Å². The number of hydrogen-bond acceptors (Lipinski definition) is 2. The summed E-state index contributed by atoms with van der Waals surface area (Å²) in [6.45, 7) is 7.32.